The van der Waals surface area contributed by atoms with Crippen molar-refractivity contribution in [1.82, 2.24) is 9.97 Å². The Balaban J connectivity index is 1.88. The smallest absolute Gasteiger partial charge is 0.159 e. The van der Waals surface area contributed by atoms with E-state index in [1.54, 1.807) is 0 Å². The molecule has 2 aromatic carbocycles. The summed E-state index contributed by atoms with van der Waals surface area (Å²) in [7, 11) is 0. The molecular formula is C19H21N5. The average Bonchev–Trinajstić information content (AvgIpc) is 2.56. The number of anilines is 5. The number of nitrogens with zero attached hydrogens (tertiary/aromatic N) is 2. The predicted molar refractivity (Wildman–Crippen MR) is 100 cm³/mol. The molecule has 0 fully saturated rings. The lowest BCUT2D eigenvalue weighted by atomic mass is 10.1. The van der Waals surface area contributed by atoms with E-state index in [0.29, 0.717) is 17.3 Å². The number of hydrogen-bond donors (Lipinski definition) is 3. The number of nitrogens with one attached hydrogen (secondary N) is 2. The monoisotopic (exact) mass is 319 g/mol. The van der Waals surface area contributed by atoms with E-state index in [9.17, 15) is 0 Å². The number of nitrogens with two attached hydrogens (primary N) is 1. The zero-order valence-electron chi connectivity index (χ0n) is 14.1. The first-order valence-electron chi connectivity index (χ1n) is 7.81. The van der Waals surface area contributed by atoms with E-state index in [1.165, 1.54) is 17.5 Å². The molecule has 0 spiro atoms. The minimum absolute atomic E-state index is 0.485. The fraction of sp³-hybridized carbons (Fsp3) is 0.158. The highest BCUT2D eigenvalue weighted by Gasteiger charge is 2.10. The van der Waals surface area contributed by atoms with Crippen LogP contribution in [0.3, 0.4) is 0 Å². The molecule has 0 aliphatic heterocycles. The lowest BCUT2D eigenvalue weighted by molar-refractivity contribution is 1.17. The van der Waals surface area contributed by atoms with E-state index >= 15 is 0 Å². The molecule has 5 heteroatoms. The number of hydrogen-bond acceptors (Lipinski definition) is 5. The number of benzene rings is 2. The van der Waals surface area contributed by atoms with Gasteiger partial charge in [-0.2, -0.15) is 0 Å². The summed E-state index contributed by atoms with van der Waals surface area (Å²) in [6, 6.07) is 14.3. The standard InChI is InChI=1S/C19H21N5/c1-12-5-8-15(9-6-12)23-18-17(20)19(22-11-21-18)24-16-10-13(2)4-7-14(16)3/h4-11H,20H2,1-3H3,(H2,21,22,23,24). The predicted octanol–water partition coefficient (Wildman–Crippen LogP) is 4.47. The minimum atomic E-state index is 0.485. The van der Waals surface area contributed by atoms with Crippen LogP contribution in [0.25, 0.3) is 0 Å². The Bertz CT molecular complexity index is 856. The van der Waals surface area contributed by atoms with Gasteiger partial charge < -0.3 is 16.4 Å². The zero-order chi connectivity index (χ0) is 17.1. The van der Waals surface area contributed by atoms with Crippen LogP contribution < -0.4 is 16.4 Å². The Morgan fingerprint density at radius 1 is 0.792 bits per heavy atom. The van der Waals surface area contributed by atoms with Gasteiger partial charge in [0.05, 0.1) is 0 Å². The van der Waals surface area contributed by atoms with Crippen LogP contribution in [0, 0.1) is 20.8 Å². The molecular weight excluding hydrogens is 298 g/mol. The molecule has 122 valence electrons. The average molecular weight is 319 g/mol. The van der Waals surface area contributed by atoms with Gasteiger partial charge in [-0.3, -0.25) is 0 Å². The summed E-state index contributed by atoms with van der Waals surface area (Å²) >= 11 is 0. The summed E-state index contributed by atoms with van der Waals surface area (Å²) < 4.78 is 0. The summed E-state index contributed by atoms with van der Waals surface area (Å²) in [5.74, 6) is 1.18. The van der Waals surface area contributed by atoms with Crippen molar-refractivity contribution in [3.8, 4) is 0 Å². The molecule has 0 amide bonds. The van der Waals surface area contributed by atoms with Crippen LogP contribution in [-0.2, 0) is 0 Å². The molecule has 0 aliphatic carbocycles. The van der Waals surface area contributed by atoms with Crippen molar-refractivity contribution >= 4 is 28.7 Å². The molecule has 3 aromatic rings. The summed E-state index contributed by atoms with van der Waals surface area (Å²) in [5, 5.41) is 6.54. The molecule has 0 saturated carbocycles. The molecule has 0 aliphatic rings. The van der Waals surface area contributed by atoms with Gasteiger partial charge in [-0.25, -0.2) is 9.97 Å². The molecule has 0 bridgehead atoms. The lowest BCUT2D eigenvalue weighted by Gasteiger charge is -2.14. The Kier molecular flexibility index (Phi) is 4.33. The molecule has 0 unspecified atom stereocenters. The second kappa shape index (κ2) is 6.58. The maximum atomic E-state index is 6.25. The summed E-state index contributed by atoms with van der Waals surface area (Å²) in [6.45, 7) is 6.15. The normalized spacial score (nSPS) is 10.5. The SMILES string of the molecule is Cc1ccc(Nc2ncnc(Nc3cc(C)ccc3C)c2N)cc1. The Labute approximate surface area is 142 Å². The van der Waals surface area contributed by atoms with Gasteiger partial charge in [-0.15, -0.1) is 0 Å². The van der Waals surface area contributed by atoms with Crippen LogP contribution in [0.1, 0.15) is 16.7 Å². The second-order valence-electron chi connectivity index (χ2n) is 5.92. The van der Waals surface area contributed by atoms with E-state index in [0.717, 1.165) is 16.9 Å². The van der Waals surface area contributed by atoms with Gasteiger partial charge in [0, 0.05) is 11.4 Å². The quantitative estimate of drug-likeness (QED) is 0.661. The van der Waals surface area contributed by atoms with E-state index in [1.807, 2.05) is 31.2 Å². The maximum absolute atomic E-state index is 6.25. The Hall–Kier alpha value is -3.08. The maximum Gasteiger partial charge on any atom is 0.159 e. The highest BCUT2D eigenvalue weighted by molar-refractivity contribution is 5.80. The molecule has 0 saturated heterocycles. The Morgan fingerprint density at radius 2 is 1.42 bits per heavy atom. The van der Waals surface area contributed by atoms with Crippen LogP contribution in [0.2, 0.25) is 0 Å². The molecule has 0 radical (unpaired) electrons. The van der Waals surface area contributed by atoms with Gasteiger partial charge in [-0.1, -0.05) is 29.8 Å². The van der Waals surface area contributed by atoms with Crippen LogP contribution in [0.5, 0.6) is 0 Å². The number of aromatic nitrogens is 2. The molecule has 0 atom stereocenters. The van der Waals surface area contributed by atoms with Crippen LogP contribution in [0.15, 0.2) is 48.8 Å². The largest absolute Gasteiger partial charge is 0.393 e. The van der Waals surface area contributed by atoms with Gasteiger partial charge in [-0.05, 0) is 50.1 Å². The first-order chi connectivity index (χ1) is 11.5. The topological polar surface area (TPSA) is 75.9 Å². The van der Waals surface area contributed by atoms with Crippen molar-refractivity contribution in [3.63, 3.8) is 0 Å². The van der Waals surface area contributed by atoms with Gasteiger partial charge >= 0.3 is 0 Å². The molecule has 3 rings (SSSR count). The third-order valence-corrected chi connectivity index (χ3v) is 3.84. The number of aryl methyl sites for hydroxylation is 3. The highest BCUT2D eigenvalue weighted by Crippen LogP contribution is 2.29. The molecule has 1 heterocycles. The van der Waals surface area contributed by atoms with Crippen molar-refractivity contribution < 1.29 is 0 Å². The van der Waals surface area contributed by atoms with E-state index in [2.05, 4.69) is 52.6 Å². The van der Waals surface area contributed by atoms with Crippen LogP contribution >= 0.6 is 0 Å². The summed E-state index contributed by atoms with van der Waals surface area (Å²) in [5.41, 5.74) is 12.2. The third kappa shape index (κ3) is 3.46. The van der Waals surface area contributed by atoms with Crippen molar-refractivity contribution in [3.05, 3.63) is 65.5 Å². The molecule has 1 aromatic heterocycles. The van der Waals surface area contributed by atoms with E-state index < -0.39 is 0 Å². The van der Waals surface area contributed by atoms with Crippen LogP contribution in [0.4, 0.5) is 28.7 Å². The van der Waals surface area contributed by atoms with Gasteiger partial charge in [0.25, 0.3) is 0 Å². The fourth-order valence-corrected chi connectivity index (χ4v) is 2.37. The molecule has 24 heavy (non-hydrogen) atoms. The van der Waals surface area contributed by atoms with E-state index in [4.69, 9.17) is 5.73 Å². The van der Waals surface area contributed by atoms with Crippen molar-refractivity contribution in [2.45, 2.75) is 20.8 Å². The number of rotatable bonds is 4. The van der Waals surface area contributed by atoms with Crippen molar-refractivity contribution in [2.75, 3.05) is 16.4 Å². The first kappa shape index (κ1) is 15.8. The highest BCUT2D eigenvalue weighted by atomic mass is 15.1. The molecule has 4 N–H and O–H groups in total. The Morgan fingerprint density at radius 3 is 2.12 bits per heavy atom. The first-order valence-corrected chi connectivity index (χ1v) is 7.81. The second-order valence-corrected chi connectivity index (χ2v) is 5.92. The van der Waals surface area contributed by atoms with Gasteiger partial charge in [0.2, 0.25) is 0 Å². The lowest BCUT2D eigenvalue weighted by Crippen LogP contribution is -2.05. The third-order valence-electron chi connectivity index (χ3n) is 3.84. The van der Waals surface area contributed by atoms with Gasteiger partial charge in [0.1, 0.15) is 12.0 Å². The summed E-state index contributed by atoms with van der Waals surface area (Å²) in [6.07, 6.45) is 1.50. The van der Waals surface area contributed by atoms with Crippen molar-refractivity contribution in [2.24, 2.45) is 0 Å². The van der Waals surface area contributed by atoms with E-state index in [-0.39, 0.29) is 0 Å². The fourth-order valence-electron chi connectivity index (χ4n) is 2.37. The van der Waals surface area contributed by atoms with Crippen molar-refractivity contribution in [1.29, 1.82) is 0 Å². The summed E-state index contributed by atoms with van der Waals surface area (Å²) in [4.78, 5) is 8.52. The minimum Gasteiger partial charge on any atom is -0.393 e. The van der Waals surface area contributed by atoms with Gasteiger partial charge in [0.15, 0.2) is 11.6 Å². The zero-order valence-corrected chi connectivity index (χ0v) is 14.1. The van der Waals surface area contributed by atoms with Crippen LogP contribution in [-0.4, -0.2) is 9.97 Å². The molecule has 5 nitrogen and oxygen atoms in total. The number of nitrogen functional groups attached to an aromatic ring is 1.